The van der Waals surface area contributed by atoms with Crippen LogP contribution in [0.4, 0.5) is 0 Å². The SMILES string of the molecule is NCCCC(O)CCOc1ccccc1. The molecule has 0 bridgehead atoms. The fourth-order valence-corrected chi connectivity index (χ4v) is 1.33. The highest BCUT2D eigenvalue weighted by atomic mass is 16.5. The first-order chi connectivity index (χ1) is 7.33. The molecule has 84 valence electrons. The van der Waals surface area contributed by atoms with E-state index in [1.807, 2.05) is 30.3 Å². The van der Waals surface area contributed by atoms with E-state index >= 15 is 0 Å². The predicted octanol–water partition coefficient (Wildman–Crippen LogP) is 1.56. The highest BCUT2D eigenvalue weighted by Gasteiger charge is 2.03. The maximum Gasteiger partial charge on any atom is 0.119 e. The maximum absolute atomic E-state index is 9.52. The second-order valence-electron chi connectivity index (χ2n) is 3.53. The van der Waals surface area contributed by atoms with Crippen molar-refractivity contribution in [2.75, 3.05) is 13.2 Å². The molecule has 0 heterocycles. The van der Waals surface area contributed by atoms with E-state index in [1.165, 1.54) is 0 Å². The van der Waals surface area contributed by atoms with E-state index in [9.17, 15) is 5.11 Å². The van der Waals surface area contributed by atoms with Crippen LogP contribution in [0.25, 0.3) is 0 Å². The highest BCUT2D eigenvalue weighted by Crippen LogP contribution is 2.09. The van der Waals surface area contributed by atoms with Crippen molar-refractivity contribution < 1.29 is 9.84 Å². The summed E-state index contributed by atoms with van der Waals surface area (Å²) in [5, 5.41) is 9.52. The Balaban J connectivity index is 2.11. The van der Waals surface area contributed by atoms with Crippen LogP contribution in [0.2, 0.25) is 0 Å². The molecule has 0 aliphatic rings. The zero-order valence-electron chi connectivity index (χ0n) is 8.93. The molecule has 3 nitrogen and oxygen atoms in total. The van der Waals surface area contributed by atoms with Gasteiger partial charge >= 0.3 is 0 Å². The summed E-state index contributed by atoms with van der Waals surface area (Å²) in [5.41, 5.74) is 5.35. The molecule has 1 unspecified atom stereocenters. The fourth-order valence-electron chi connectivity index (χ4n) is 1.33. The summed E-state index contributed by atoms with van der Waals surface area (Å²) in [6.45, 7) is 1.19. The fraction of sp³-hybridized carbons (Fsp3) is 0.500. The summed E-state index contributed by atoms with van der Waals surface area (Å²) in [5.74, 6) is 0.850. The first-order valence-electron chi connectivity index (χ1n) is 5.39. The van der Waals surface area contributed by atoms with Gasteiger partial charge in [0.1, 0.15) is 5.75 Å². The van der Waals surface area contributed by atoms with Gasteiger partial charge in [0.15, 0.2) is 0 Å². The van der Waals surface area contributed by atoms with Gasteiger partial charge in [0.25, 0.3) is 0 Å². The van der Waals surface area contributed by atoms with E-state index in [-0.39, 0.29) is 6.10 Å². The summed E-state index contributed by atoms with van der Waals surface area (Å²) >= 11 is 0. The van der Waals surface area contributed by atoms with Crippen LogP contribution in [0.3, 0.4) is 0 Å². The third-order valence-electron chi connectivity index (χ3n) is 2.20. The minimum Gasteiger partial charge on any atom is -0.493 e. The van der Waals surface area contributed by atoms with E-state index in [4.69, 9.17) is 10.5 Å². The first-order valence-corrected chi connectivity index (χ1v) is 5.39. The summed E-state index contributed by atoms with van der Waals surface area (Å²) in [6.07, 6.45) is 1.99. The molecule has 0 fully saturated rings. The average molecular weight is 209 g/mol. The zero-order valence-corrected chi connectivity index (χ0v) is 8.93. The van der Waals surface area contributed by atoms with Gasteiger partial charge in [0, 0.05) is 6.42 Å². The van der Waals surface area contributed by atoms with Gasteiger partial charge in [-0.1, -0.05) is 18.2 Å². The predicted molar refractivity (Wildman–Crippen MR) is 60.8 cm³/mol. The molecule has 0 aliphatic carbocycles. The molecule has 1 aromatic rings. The van der Waals surface area contributed by atoms with Gasteiger partial charge in [-0.2, -0.15) is 0 Å². The van der Waals surface area contributed by atoms with Crippen LogP contribution in [0.5, 0.6) is 5.75 Å². The molecule has 0 aromatic heterocycles. The third-order valence-corrected chi connectivity index (χ3v) is 2.20. The van der Waals surface area contributed by atoms with Crippen molar-refractivity contribution in [3.63, 3.8) is 0 Å². The van der Waals surface area contributed by atoms with Crippen LogP contribution in [-0.4, -0.2) is 24.4 Å². The largest absolute Gasteiger partial charge is 0.493 e. The maximum atomic E-state index is 9.52. The normalized spacial score (nSPS) is 12.4. The van der Waals surface area contributed by atoms with Crippen molar-refractivity contribution in [3.05, 3.63) is 30.3 Å². The van der Waals surface area contributed by atoms with Crippen molar-refractivity contribution in [2.24, 2.45) is 5.73 Å². The lowest BCUT2D eigenvalue weighted by molar-refractivity contribution is 0.129. The summed E-state index contributed by atoms with van der Waals surface area (Å²) in [7, 11) is 0. The van der Waals surface area contributed by atoms with Crippen LogP contribution < -0.4 is 10.5 Å². The average Bonchev–Trinajstić information content (AvgIpc) is 2.28. The Morgan fingerprint density at radius 2 is 1.93 bits per heavy atom. The Bertz CT molecular complexity index is 251. The molecule has 0 spiro atoms. The lowest BCUT2D eigenvalue weighted by Crippen LogP contribution is -2.13. The Morgan fingerprint density at radius 1 is 1.20 bits per heavy atom. The van der Waals surface area contributed by atoms with Gasteiger partial charge in [-0.25, -0.2) is 0 Å². The third kappa shape index (κ3) is 5.40. The van der Waals surface area contributed by atoms with E-state index in [2.05, 4.69) is 0 Å². The number of benzene rings is 1. The van der Waals surface area contributed by atoms with Crippen molar-refractivity contribution in [2.45, 2.75) is 25.4 Å². The van der Waals surface area contributed by atoms with Crippen LogP contribution in [0, 0.1) is 0 Å². The van der Waals surface area contributed by atoms with Crippen molar-refractivity contribution in [1.82, 2.24) is 0 Å². The minimum absolute atomic E-state index is 0.294. The lowest BCUT2D eigenvalue weighted by atomic mass is 10.1. The Labute approximate surface area is 90.9 Å². The summed E-state index contributed by atoms with van der Waals surface area (Å²) < 4.78 is 5.47. The van der Waals surface area contributed by atoms with Gasteiger partial charge in [-0.15, -0.1) is 0 Å². The number of para-hydroxylation sites is 1. The van der Waals surface area contributed by atoms with Crippen molar-refractivity contribution >= 4 is 0 Å². The standard InChI is InChI=1S/C12H19NO2/c13-9-4-5-11(14)8-10-15-12-6-2-1-3-7-12/h1-3,6-7,11,14H,4-5,8-10,13H2. The van der Waals surface area contributed by atoms with Crippen LogP contribution >= 0.6 is 0 Å². The van der Waals surface area contributed by atoms with Crippen molar-refractivity contribution in [3.8, 4) is 5.75 Å². The molecule has 0 radical (unpaired) electrons. The molecule has 0 aliphatic heterocycles. The van der Waals surface area contributed by atoms with Gasteiger partial charge < -0.3 is 15.6 Å². The molecule has 3 N–H and O–H groups in total. The Kier molecular flexibility index (Phi) is 5.81. The molecular weight excluding hydrogens is 190 g/mol. The van der Waals surface area contributed by atoms with Crippen LogP contribution in [-0.2, 0) is 0 Å². The Hall–Kier alpha value is -1.06. The molecule has 1 aromatic carbocycles. The minimum atomic E-state index is -0.294. The molecular formula is C12H19NO2. The second kappa shape index (κ2) is 7.26. The zero-order chi connectivity index (χ0) is 10.9. The quantitative estimate of drug-likeness (QED) is 0.716. The summed E-state index contributed by atoms with van der Waals surface area (Å²) in [4.78, 5) is 0. The molecule has 3 heteroatoms. The van der Waals surface area contributed by atoms with Crippen LogP contribution in [0.15, 0.2) is 30.3 Å². The van der Waals surface area contributed by atoms with Gasteiger partial charge in [0.2, 0.25) is 0 Å². The van der Waals surface area contributed by atoms with E-state index in [0.717, 1.165) is 18.6 Å². The van der Waals surface area contributed by atoms with Crippen molar-refractivity contribution in [1.29, 1.82) is 0 Å². The summed E-state index contributed by atoms with van der Waals surface area (Å²) in [6, 6.07) is 9.63. The molecule has 0 saturated heterocycles. The Morgan fingerprint density at radius 3 is 2.60 bits per heavy atom. The number of aliphatic hydroxyl groups is 1. The molecule has 1 rings (SSSR count). The number of rotatable bonds is 7. The molecule has 0 saturated carbocycles. The highest BCUT2D eigenvalue weighted by molar-refractivity contribution is 5.20. The number of nitrogens with two attached hydrogens (primary N) is 1. The molecule has 1 atom stereocenters. The van der Waals surface area contributed by atoms with Gasteiger partial charge in [-0.05, 0) is 31.5 Å². The number of hydrogen-bond donors (Lipinski definition) is 2. The van der Waals surface area contributed by atoms with E-state index in [0.29, 0.717) is 19.6 Å². The van der Waals surface area contributed by atoms with Gasteiger partial charge in [-0.3, -0.25) is 0 Å². The molecule has 0 amide bonds. The smallest absolute Gasteiger partial charge is 0.119 e. The number of aliphatic hydroxyl groups excluding tert-OH is 1. The molecule has 15 heavy (non-hydrogen) atoms. The lowest BCUT2D eigenvalue weighted by Gasteiger charge is -2.10. The second-order valence-corrected chi connectivity index (χ2v) is 3.53. The van der Waals surface area contributed by atoms with Crippen LogP contribution in [0.1, 0.15) is 19.3 Å². The monoisotopic (exact) mass is 209 g/mol. The number of hydrogen-bond acceptors (Lipinski definition) is 3. The number of ether oxygens (including phenoxy) is 1. The van der Waals surface area contributed by atoms with E-state index in [1.54, 1.807) is 0 Å². The van der Waals surface area contributed by atoms with Gasteiger partial charge in [0.05, 0.1) is 12.7 Å². The first kappa shape index (κ1) is 12.0. The van der Waals surface area contributed by atoms with E-state index < -0.39 is 0 Å². The topological polar surface area (TPSA) is 55.5 Å².